The van der Waals surface area contributed by atoms with Gasteiger partial charge in [0.05, 0.1) is 22.8 Å². The van der Waals surface area contributed by atoms with Gasteiger partial charge in [0.25, 0.3) is 5.69 Å². The Balaban J connectivity index is 1.61. The van der Waals surface area contributed by atoms with E-state index >= 15 is 0 Å². The van der Waals surface area contributed by atoms with Crippen molar-refractivity contribution in [3.63, 3.8) is 0 Å². The lowest BCUT2D eigenvalue weighted by Gasteiger charge is -2.37. The van der Waals surface area contributed by atoms with Gasteiger partial charge in [-0.05, 0) is 42.2 Å². The molecule has 1 aromatic rings. The molecule has 0 radical (unpaired) electrons. The Bertz CT molecular complexity index is 815. The summed E-state index contributed by atoms with van der Waals surface area (Å²) < 4.78 is 13.4. The molecule has 1 aliphatic heterocycles. The number of nitro benzene ring substituents is 1. The summed E-state index contributed by atoms with van der Waals surface area (Å²) in [5, 5.41) is 11.2. The molecular weight excluding hydrogens is 315 g/mol. The maximum Gasteiger partial charge on any atom is 0.296 e. The van der Waals surface area contributed by atoms with Crippen LogP contribution in [-0.4, -0.2) is 16.7 Å². The topological polar surface area (TPSA) is 80.5 Å². The van der Waals surface area contributed by atoms with Crippen molar-refractivity contribution in [2.24, 2.45) is 35.5 Å². The number of allylic oxidation sites excluding steroid dienone is 2. The van der Waals surface area contributed by atoms with Gasteiger partial charge in [-0.25, -0.2) is 9.29 Å². The fourth-order valence-electron chi connectivity index (χ4n) is 5.03. The van der Waals surface area contributed by atoms with E-state index in [1.807, 2.05) is 12.2 Å². The molecular formula is C17H13FN2O4. The molecule has 4 aliphatic carbocycles. The first-order valence-corrected chi connectivity index (χ1v) is 7.99. The first-order chi connectivity index (χ1) is 11.5. The molecule has 122 valence electrons. The number of imide groups is 1. The Hall–Kier alpha value is -2.57. The van der Waals surface area contributed by atoms with Gasteiger partial charge in [-0.3, -0.25) is 19.7 Å². The summed E-state index contributed by atoms with van der Waals surface area (Å²) in [5.41, 5.74) is -0.681. The van der Waals surface area contributed by atoms with Crippen LogP contribution in [0.5, 0.6) is 0 Å². The molecule has 2 bridgehead atoms. The minimum absolute atomic E-state index is 0.0472. The zero-order valence-corrected chi connectivity index (χ0v) is 12.5. The van der Waals surface area contributed by atoms with Crippen LogP contribution in [0, 0.1) is 51.4 Å². The van der Waals surface area contributed by atoms with Gasteiger partial charge in [0, 0.05) is 0 Å². The highest BCUT2D eigenvalue weighted by Crippen LogP contribution is 2.65. The largest absolute Gasteiger partial charge is 0.296 e. The van der Waals surface area contributed by atoms with Crippen LogP contribution in [-0.2, 0) is 9.59 Å². The lowest BCUT2D eigenvalue weighted by atomic mass is 9.63. The maximum absolute atomic E-state index is 13.4. The average Bonchev–Trinajstić information content (AvgIpc) is 3.33. The molecule has 0 aromatic heterocycles. The zero-order valence-electron chi connectivity index (χ0n) is 12.5. The molecule has 1 saturated heterocycles. The number of carbonyl (C=O) groups excluding carboxylic acids is 2. The number of amides is 2. The van der Waals surface area contributed by atoms with Gasteiger partial charge >= 0.3 is 0 Å². The van der Waals surface area contributed by atoms with E-state index in [0.29, 0.717) is 11.8 Å². The molecule has 7 heteroatoms. The fraction of sp³-hybridized carbons (Fsp3) is 0.412. The highest BCUT2D eigenvalue weighted by Gasteiger charge is 2.67. The second-order valence-electron chi connectivity index (χ2n) is 7.06. The van der Waals surface area contributed by atoms with Crippen LogP contribution in [0.3, 0.4) is 0 Å². The summed E-state index contributed by atoms with van der Waals surface area (Å²) in [6, 6.07) is 2.94. The number of hydrogen-bond donors (Lipinski definition) is 0. The van der Waals surface area contributed by atoms with Crippen LogP contribution in [0.15, 0.2) is 30.4 Å². The molecule has 5 aliphatic rings. The second kappa shape index (κ2) is 4.28. The maximum atomic E-state index is 13.4. The summed E-state index contributed by atoms with van der Waals surface area (Å²) in [4.78, 5) is 37.2. The summed E-state index contributed by atoms with van der Waals surface area (Å²) in [5.74, 6) is -1.39. The normalized spacial score (nSPS) is 38.3. The number of carbonyl (C=O) groups is 2. The molecule has 1 aromatic carbocycles. The first-order valence-electron chi connectivity index (χ1n) is 7.99. The van der Waals surface area contributed by atoms with Crippen LogP contribution in [0.1, 0.15) is 6.42 Å². The summed E-state index contributed by atoms with van der Waals surface area (Å²) >= 11 is 0. The number of hydrogen-bond acceptors (Lipinski definition) is 4. The van der Waals surface area contributed by atoms with E-state index in [-0.39, 0.29) is 29.3 Å². The molecule has 0 unspecified atom stereocenters. The Morgan fingerprint density at radius 1 is 1.08 bits per heavy atom. The Kier molecular flexibility index (Phi) is 2.47. The fourth-order valence-corrected chi connectivity index (χ4v) is 5.03. The molecule has 3 fully saturated rings. The van der Waals surface area contributed by atoms with E-state index in [1.165, 1.54) is 0 Å². The Morgan fingerprint density at radius 2 is 1.67 bits per heavy atom. The van der Waals surface area contributed by atoms with Gasteiger partial charge in [-0.2, -0.15) is 0 Å². The molecule has 6 atom stereocenters. The molecule has 0 N–H and O–H groups in total. The van der Waals surface area contributed by atoms with Gasteiger partial charge in [-0.15, -0.1) is 0 Å². The molecule has 2 saturated carbocycles. The van der Waals surface area contributed by atoms with E-state index in [1.54, 1.807) is 0 Å². The molecule has 1 heterocycles. The van der Waals surface area contributed by atoms with E-state index < -0.39 is 28.3 Å². The van der Waals surface area contributed by atoms with Crippen molar-refractivity contribution >= 4 is 23.2 Å². The molecule has 2 amide bonds. The van der Waals surface area contributed by atoms with Crippen LogP contribution in [0.25, 0.3) is 0 Å². The summed E-state index contributed by atoms with van der Waals surface area (Å²) in [7, 11) is 0. The zero-order chi connectivity index (χ0) is 16.7. The second-order valence-corrected chi connectivity index (χ2v) is 7.06. The summed E-state index contributed by atoms with van der Waals surface area (Å²) in [6.07, 6.45) is 5.12. The average molecular weight is 328 g/mol. The minimum Gasteiger partial charge on any atom is -0.274 e. The predicted octanol–water partition coefficient (Wildman–Crippen LogP) is 2.29. The smallest absolute Gasteiger partial charge is 0.274 e. The monoisotopic (exact) mass is 328 g/mol. The molecule has 24 heavy (non-hydrogen) atoms. The minimum atomic E-state index is -0.773. The Labute approximate surface area is 136 Å². The van der Waals surface area contributed by atoms with Gasteiger partial charge in [0.2, 0.25) is 11.8 Å². The quantitative estimate of drug-likeness (QED) is 0.361. The highest BCUT2D eigenvalue weighted by molar-refractivity contribution is 6.23. The third kappa shape index (κ3) is 1.54. The van der Waals surface area contributed by atoms with E-state index in [9.17, 15) is 24.1 Å². The third-order valence-corrected chi connectivity index (χ3v) is 6.04. The van der Waals surface area contributed by atoms with Crippen molar-refractivity contribution < 1.29 is 18.9 Å². The van der Waals surface area contributed by atoms with Gasteiger partial charge in [0.15, 0.2) is 0 Å². The number of anilines is 1. The van der Waals surface area contributed by atoms with Crippen LogP contribution in [0.2, 0.25) is 0 Å². The van der Waals surface area contributed by atoms with E-state index in [4.69, 9.17) is 0 Å². The van der Waals surface area contributed by atoms with Crippen molar-refractivity contribution in [3.05, 3.63) is 46.3 Å². The van der Waals surface area contributed by atoms with Gasteiger partial charge in [-0.1, -0.05) is 12.2 Å². The highest BCUT2D eigenvalue weighted by atomic mass is 19.1. The van der Waals surface area contributed by atoms with Crippen LogP contribution in [0.4, 0.5) is 15.8 Å². The predicted molar refractivity (Wildman–Crippen MR) is 80.2 cm³/mol. The summed E-state index contributed by atoms with van der Waals surface area (Å²) in [6.45, 7) is 0. The van der Waals surface area contributed by atoms with E-state index in [2.05, 4.69) is 0 Å². The van der Waals surface area contributed by atoms with Gasteiger partial charge < -0.3 is 0 Å². The van der Waals surface area contributed by atoms with Crippen LogP contribution >= 0.6 is 0 Å². The van der Waals surface area contributed by atoms with Crippen molar-refractivity contribution in [2.45, 2.75) is 6.42 Å². The Morgan fingerprint density at radius 3 is 2.21 bits per heavy atom. The standard InChI is InChI=1S/C17H13FN2O4/c18-7-1-4-12(13(5-7)20(23)24)19-16(21)14-8-2-3-9(11-6-10(8)11)15(14)17(19)22/h1-5,8-11,14-15H,6H2/t8-,9-,10-,11-,14-,15+/m0/s1. The van der Waals surface area contributed by atoms with Crippen molar-refractivity contribution in [3.8, 4) is 0 Å². The number of rotatable bonds is 2. The van der Waals surface area contributed by atoms with Crippen molar-refractivity contribution in [1.82, 2.24) is 0 Å². The lowest BCUT2D eigenvalue weighted by Crippen LogP contribution is -2.40. The molecule has 6 rings (SSSR count). The van der Waals surface area contributed by atoms with Crippen molar-refractivity contribution in [2.75, 3.05) is 4.90 Å². The number of nitro groups is 1. The SMILES string of the molecule is O=C1[C@@H]2[C@H]3C=C[C@@H]([C@@H]4C[C@@H]34)[C@@H]2C(=O)N1c1ccc(F)cc1[N+](=O)[O-]. The molecule has 6 nitrogen and oxygen atoms in total. The van der Waals surface area contributed by atoms with Crippen molar-refractivity contribution in [1.29, 1.82) is 0 Å². The molecule has 0 spiro atoms. The first kappa shape index (κ1) is 13.8. The van der Waals surface area contributed by atoms with Gasteiger partial charge in [0.1, 0.15) is 11.5 Å². The van der Waals surface area contributed by atoms with Crippen LogP contribution < -0.4 is 4.90 Å². The third-order valence-electron chi connectivity index (χ3n) is 6.04. The number of nitrogens with zero attached hydrogens (tertiary/aromatic N) is 2. The lowest BCUT2D eigenvalue weighted by molar-refractivity contribution is -0.384. The van der Waals surface area contributed by atoms with E-state index in [0.717, 1.165) is 29.5 Å². The number of benzene rings is 1. The number of halogens is 1.